The summed E-state index contributed by atoms with van der Waals surface area (Å²) in [6, 6.07) is 10.2. The molecule has 0 radical (unpaired) electrons. The van der Waals surface area contributed by atoms with E-state index in [1.807, 2.05) is 18.2 Å². The van der Waals surface area contributed by atoms with Gasteiger partial charge in [0.1, 0.15) is 11.3 Å². The molecule has 1 aromatic carbocycles. The zero-order valence-electron chi connectivity index (χ0n) is 12.5. The Bertz CT molecular complexity index is 754. The molecule has 3 heterocycles. The van der Waals surface area contributed by atoms with Gasteiger partial charge in [-0.1, -0.05) is 18.2 Å². The minimum Gasteiger partial charge on any atom is -0.461 e. The Hall–Kier alpha value is -1.85. The van der Waals surface area contributed by atoms with E-state index in [0.717, 1.165) is 60.3 Å². The Labute approximate surface area is 133 Å². The second kappa shape index (κ2) is 5.74. The van der Waals surface area contributed by atoms with Crippen LogP contribution in [0.4, 0.5) is 5.13 Å². The molecule has 0 spiro atoms. The highest BCUT2D eigenvalue weighted by molar-refractivity contribution is 7.15. The van der Waals surface area contributed by atoms with Crippen molar-refractivity contribution in [1.29, 1.82) is 0 Å². The van der Waals surface area contributed by atoms with Gasteiger partial charge in [-0.05, 0) is 19.1 Å². The number of fused-ring (bicyclic) bond motifs is 1. The third-order valence-corrected chi connectivity index (χ3v) is 5.06. The summed E-state index contributed by atoms with van der Waals surface area (Å²) in [6.45, 7) is 5.57. The predicted molar refractivity (Wildman–Crippen MR) is 88.9 cm³/mol. The van der Waals surface area contributed by atoms with Gasteiger partial charge in [-0.2, -0.15) is 0 Å². The number of furan rings is 1. The second-order valence-electron chi connectivity index (χ2n) is 5.53. The van der Waals surface area contributed by atoms with Gasteiger partial charge in [-0.15, -0.1) is 11.3 Å². The Kier molecular flexibility index (Phi) is 3.60. The van der Waals surface area contributed by atoms with Gasteiger partial charge in [-0.3, -0.25) is 0 Å². The monoisotopic (exact) mass is 314 g/mol. The van der Waals surface area contributed by atoms with Gasteiger partial charge < -0.3 is 14.1 Å². The maximum absolute atomic E-state index is 5.91. The molecule has 0 unspecified atom stereocenters. The summed E-state index contributed by atoms with van der Waals surface area (Å²) in [6.07, 6.45) is 0.751. The van der Waals surface area contributed by atoms with Gasteiger partial charge in [0, 0.05) is 29.8 Å². The zero-order valence-corrected chi connectivity index (χ0v) is 13.4. The molecular weight excluding hydrogens is 296 g/mol. The molecule has 22 heavy (non-hydrogen) atoms. The first kappa shape index (κ1) is 13.8. The van der Waals surface area contributed by atoms with Crippen molar-refractivity contribution < 1.29 is 9.15 Å². The van der Waals surface area contributed by atoms with Crippen LogP contribution in [0.2, 0.25) is 0 Å². The first-order valence-corrected chi connectivity index (χ1v) is 8.38. The van der Waals surface area contributed by atoms with Gasteiger partial charge in [0.15, 0.2) is 5.13 Å². The summed E-state index contributed by atoms with van der Waals surface area (Å²) in [5.41, 5.74) is 2.06. The van der Waals surface area contributed by atoms with Gasteiger partial charge in [0.05, 0.1) is 18.9 Å². The molecule has 0 N–H and O–H groups in total. The average molecular weight is 314 g/mol. The third kappa shape index (κ3) is 2.62. The number of hydrogen-bond donors (Lipinski definition) is 0. The maximum Gasteiger partial charge on any atom is 0.185 e. The molecule has 0 amide bonds. The second-order valence-corrected chi connectivity index (χ2v) is 6.71. The van der Waals surface area contributed by atoms with Crippen molar-refractivity contribution in [3.8, 4) is 0 Å². The minimum absolute atomic E-state index is 0.751. The van der Waals surface area contributed by atoms with Crippen LogP contribution >= 0.6 is 11.3 Å². The van der Waals surface area contributed by atoms with E-state index >= 15 is 0 Å². The van der Waals surface area contributed by atoms with Crippen LogP contribution in [0.3, 0.4) is 0 Å². The number of aryl methyl sites for hydroxylation is 1. The molecule has 1 aliphatic rings. The van der Waals surface area contributed by atoms with Crippen LogP contribution in [-0.4, -0.2) is 31.3 Å². The average Bonchev–Trinajstić information content (AvgIpc) is 3.12. The third-order valence-electron chi connectivity index (χ3n) is 3.98. The topological polar surface area (TPSA) is 38.5 Å². The van der Waals surface area contributed by atoms with Gasteiger partial charge in [0.25, 0.3) is 0 Å². The molecule has 5 heteroatoms. The molecule has 1 saturated heterocycles. The number of benzene rings is 1. The molecule has 0 atom stereocenters. The number of rotatable bonds is 3. The number of thiazole rings is 1. The number of ether oxygens (including phenoxy) is 1. The van der Waals surface area contributed by atoms with Gasteiger partial charge >= 0.3 is 0 Å². The van der Waals surface area contributed by atoms with E-state index in [2.05, 4.69) is 24.0 Å². The smallest absolute Gasteiger partial charge is 0.185 e. The molecule has 1 aliphatic heterocycles. The number of anilines is 1. The number of hydrogen-bond acceptors (Lipinski definition) is 5. The first-order chi connectivity index (χ1) is 10.8. The highest BCUT2D eigenvalue weighted by Crippen LogP contribution is 2.29. The van der Waals surface area contributed by atoms with E-state index < -0.39 is 0 Å². The number of para-hydroxylation sites is 1. The lowest BCUT2D eigenvalue weighted by atomic mass is 10.2. The van der Waals surface area contributed by atoms with Crippen LogP contribution < -0.4 is 4.90 Å². The van der Waals surface area contributed by atoms with E-state index in [4.69, 9.17) is 14.1 Å². The van der Waals surface area contributed by atoms with Crippen molar-refractivity contribution in [3.63, 3.8) is 0 Å². The molecule has 0 aliphatic carbocycles. The van der Waals surface area contributed by atoms with Crippen LogP contribution in [0.25, 0.3) is 11.0 Å². The lowest BCUT2D eigenvalue weighted by molar-refractivity contribution is 0.122. The number of morpholine rings is 1. The summed E-state index contributed by atoms with van der Waals surface area (Å²) >= 11 is 1.76. The Morgan fingerprint density at radius 1 is 1.23 bits per heavy atom. The molecule has 1 fully saturated rings. The Morgan fingerprint density at radius 3 is 2.86 bits per heavy atom. The van der Waals surface area contributed by atoms with Crippen molar-refractivity contribution in [3.05, 3.63) is 46.7 Å². The van der Waals surface area contributed by atoms with Crippen LogP contribution in [-0.2, 0) is 11.2 Å². The van der Waals surface area contributed by atoms with Crippen molar-refractivity contribution >= 4 is 27.4 Å². The lowest BCUT2D eigenvalue weighted by Crippen LogP contribution is -2.36. The van der Waals surface area contributed by atoms with Gasteiger partial charge in [0.2, 0.25) is 0 Å². The SMILES string of the molecule is Cc1sc(N2CCOCC2)nc1Cc1cc2ccccc2o1. The molecule has 0 saturated carbocycles. The first-order valence-electron chi connectivity index (χ1n) is 7.56. The molecule has 3 aromatic rings. The summed E-state index contributed by atoms with van der Waals surface area (Å²) in [5.74, 6) is 0.975. The summed E-state index contributed by atoms with van der Waals surface area (Å²) in [4.78, 5) is 8.40. The Balaban J connectivity index is 1.58. The van der Waals surface area contributed by atoms with Crippen molar-refractivity contribution in [2.45, 2.75) is 13.3 Å². The highest BCUT2D eigenvalue weighted by atomic mass is 32.1. The van der Waals surface area contributed by atoms with Crippen LogP contribution in [0, 0.1) is 6.92 Å². The fourth-order valence-electron chi connectivity index (χ4n) is 2.76. The van der Waals surface area contributed by atoms with Crippen LogP contribution in [0.1, 0.15) is 16.3 Å². The van der Waals surface area contributed by atoms with E-state index in [0.29, 0.717) is 0 Å². The predicted octanol–water partition coefficient (Wildman–Crippen LogP) is 3.63. The fourth-order valence-corrected chi connectivity index (χ4v) is 3.73. The van der Waals surface area contributed by atoms with Crippen molar-refractivity contribution in [2.75, 3.05) is 31.2 Å². The normalized spacial score (nSPS) is 15.6. The largest absolute Gasteiger partial charge is 0.461 e. The lowest BCUT2D eigenvalue weighted by Gasteiger charge is -2.26. The zero-order chi connectivity index (χ0) is 14.9. The minimum atomic E-state index is 0.751. The van der Waals surface area contributed by atoms with E-state index in [1.54, 1.807) is 11.3 Å². The Morgan fingerprint density at radius 2 is 2.05 bits per heavy atom. The summed E-state index contributed by atoms with van der Waals surface area (Å²) in [5, 5.41) is 2.26. The van der Waals surface area contributed by atoms with Crippen LogP contribution in [0.15, 0.2) is 34.7 Å². The number of aromatic nitrogens is 1. The standard InChI is InChI=1S/C17H18N2O2S/c1-12-15(18-17(22-12)19-6-8-20-9-7-19)11-14-10-13-4-2-3-5-16(13)21-14/h2-5,10H,6-9,11H2,1H3. The molecule has 0 bridgehead atoms. The molecule has 4 rings (SSSR count). The molecular formula is C17H18N2O2S. The van der Waals surface area contributed by atoms with E-state index in [1.165, 1.54) is 4.88 Å². The van der Waals surface area contributed by atoms with E-state index in [-0.39, 0.29) is 0 Å². The number of nitrogens with zero attached hydrogens (tertiary/aromatic N) is 2. The van der Waals surface area contributed by atoms with Crippen molar-refractivity contribution in [1.82, 2.24) is 4.98 Å². The highest BCUT2D eigenvalue weighted by Gasteiger charge is 2.17. The van der Waals surface area contributed by atoms with Crippen molar-refractivity contribution in [2.24, 2.45) is 0 Å². The van der Waals surface area contributed by atoms with Crippen LogP contribution in [0.5, 0.6) is 0 Å². The van der Waals surface area contributed by atoms with Gasteiger partial charge in [-0.25, -0.2) is 4.98 Å². The summed E-state index contributed by atoms with van der Waals surface area (Å²) in [7, 11) is 0. The molecule has 114 valence electrons. The summed E-state index contributed by atoms with van der Waals surface area (Å²) < 4.78 is 11.3. The molecule has 4 nitrogen and oxygen atoms in total. The maximum atomic E-state index is 5.91. The quantitative estimate of drug-likeness (QED) is 0.740. The van der Waals surface area contributed by atoms with E-state index in [9.17, 15) is 0 Å². The fraction of sp³-hybridized carbons (Fsp3) is 0.353. The molecule has 2 aromatic heterocycles.